The Labute approximate surface area is 168 Å². The van der Waals surface area contributed by atoms with E-state index in [2.05, 4.69) is 5.32 Å². The van der Waals surface area contributed by atoms with Crippen molar-refractivity contribution >= 4 is 11.6 Å². The molecule has 0 saturated heterocycles. The Morgan fingerprint density at radius 3 is 2.07 bits per heavy atom. The van der Waals surface area contributed by atoms with Crippen molar-refractivity contribution < 1.29 is 36.6 Å². The van der Waals surface area contributed by atoms with E-state index < -0.39 is 34.7 Å². The Hall–Kier alpha value is -3.75. The SMILES string of the molecule is COc1ccc(Oc2cc(NC(=O)c3cc(F)c(F)c(F)c3F)ccc2OC)cc1. The maximum absolute atomic E-state index is 13.8. The molecule has 1 amide bonds. The van der Waals surface area contributed by atoms with E-state index in [-0.39, 0.29) is 17.5 Å². The van der Waals surface area contributed by atoms with Crippen LogP contribution in [0.2, 0.25) is 0 Å². The predicted molar refractivity (Wildman–Crippen MR) is 100 cm³/mol. The third-order valence-corrected chi connectivity index (χ3v) is 4.06. The third-order valence-electron chi connectivity index (χ3n) is 4.06. The number of amides is 1. The summed E-state index contributed by atoms with van der Waals surface area (Å²) in [5, 5.41) is 2.28. The van der Waals surface area contributed by atoms with Crippen molar-refractivity contribution in [2.75, 3.05) is 19.5 Å². The van der Waals surface area contributed by atoms with Crippen LogP contribution in [-0.2, 0) is 0 Å². The second-order valence-corrected chi connectivity index (χ2v) is 5.95. The number of halogens is 4. The summed E-state index contributed by atoms with van der Waals surface area (Å²) in [6.45, 7) is 0. The third kappa shape index (κ3) is 4.29. The molecular formula is C21H15F4NO4. The lowest BCUT2D eigenvalue weighted by Gasteiger charge is -2.13. The number of hydrogen-bond donors (Lipinski definition) is 1. The Morgan fingerprint density at radius 2 is 1.43 bits per heavy atom. The first kappa shape index (κ1) is 21.0. The van der Waals surface area contributed by atoms with Crippen LogP contribution >= 0.6 is 0 Å². The summed E-state index contributed by atoms with van der Waals surface area (Å²) in [7, 11) is 2.93. The fourth-order valence-corrected chi connectivity index (χ4v) is 2.54. The van der Waals surface area contributed by atoms with Crippen molar-refractivity contribution in [3.63, 3.8) is 0 Å². The molecule has 0 spiro atoms. The predicted octanol–water partition coefficient (Wildman–Crippen LogP) is 5.30. The van der Waals surface area contributed by atoms with E-state index in [1.165, 1.54) is 32.4 Å². The minimum Gasteiger partial charge on any atom is -0.497 e. The summed E-state index contributed by atoms with van der Waals surface area (Å²) < 4.78 is 69.7. The van der Waals surface area contributed by atoms with Gasteiger partial charge in [0.05, 0.1) is 19.8 Å². The first-order valence-corrected chi connectivity index (χ1v) is 8.48. The van der Waals surface area contributed by atoms with E-state index in [0.29, 0.717) is 17.2 Å². The lowest BCUT2D eigenvalue weighted by atomic mass is 10.1. The van der Waals surface area contributed by atoms with Crippen LogP contribution in [0.3, 0.4) is 0 Å². The van der Waals surface area contributed by atoms with Crippen molar-refractivity contribution in [2.45, 2.75) is 0 Å². The molecule has 156 valence electrons. The largest absolute Gasteiger partial charge is 0.497 e. The summed E-state index contributed by atoms with van der Waals surface area (Å²) in [5.74, 6) is -7.13. The normalized spacial score (nSPS) is 10.5. The van der Waals surface area contributed by atoms with Gasteiger partial charge in [0.15, 0.2) is 34.8 Å². The lowest BCUT2D eigenvalue weighted by molar-refractivity contribution is 0.102. The van der Waals surface area contributed by atoms with Gasteiger partial charge < -0.3 is 19.5 Å². The maximum Gasteiger partial charge on any atom is 0.258 e. The number of carbonyl (C=O) groups excluding carboxylic acids is 1. The summed E-state index contributed by atoms with van der Waals surface area (Å²) >= 11 is 0. The second-order valence-electron chi connectivity index (χ2n) is 5.95. The van der Waals surface area contributed by atoms with Crippen LogP contribution in [0, 0.1) is 23.3 Å². The van der Waals surface area contributed by atoms with Gasteiger partial charge in [-0.3, -0.25) is 4.79 Å². The van der Waals surface area contributed by atoms with Gasteiger partial charge in [0, 0.05) is 11.8 Å². The van der Waals surface area contributed by atoms with Crippen molar-refractivity contribution in [3.8, 4) is 23.0 Å². The van der Waals surface area contributed by atoms with Crippen LogP contribution in [-0.4, -0.2) is 20.1 Å². The number of rotatable bonds is 6. The molecule has 3 rings (SSSR count). The number of methoxy groups -OCH3 is 2. The highest BCUT2D eigenvalue weighted by Crippen LogP contribution is 2.35. The topological polar surface area (TPSA) is 56.8 Å². The maximum atomic E-state index is 13.8. The molecule has 0 aromatic heterocycles. The monoisotopic (exact) mass is 421 g/mol. The van der Waals surface area contributed by atoms with Gasteiger partial charge >= 0.3 is 0 Å². The molecule has 5 nitrogen and oxygen atoms in total. The molecule has 0 aliphatic rings. The summed E-state index contributed by atoms with van der Waals surface area (Å²) in [5.41, 5.74) is -0.867. The Morgan fingerprint density at radius 1 is 0.767 bits per heavy atom. The quantitative estimate of drug-likeness (QED) is 0.333. The van der Waals surface area contributed by atoms with E-state index in [9.17, 15) is 22.4 Å². The fourth-order valence-electron chi connectivity index (χ4n) is 2.54. The van der Waals surface area contributed by atoms with Crippen molar-refractivity contribution in [1.82, 2.24) is 0 Å². The minimum absolute atomic E-state index is 0.119. The number of ether oxygens (including phenoxy) is 3. The van der Waals surface area contributed by atoms with Crippen LogP contribution in [0.5, 0.6) is 23.0 Å². The molecule has 3 aromatic rings. The Bertz CT molecular complexity index is 1090. The lowest BCUT2D eigenvalue weighted by Crippen LogP contribution is -2.16. The number of benzene rings is 3. The highest BCUT2D eigenvalue weighted by molar-refractivity contribution is 6.04. The van der Waals surface area contributed by atoms with E-state index >= 15 is 0 Å². The molecule has 3 aromatic carbocycles. The van der Waals surface area contributed by atoms with Gasteiger partial charge in [-0.25, -0.2) is 17.6 Å². The standard InChI is InChI=1S/C21H15F4NO4/c1-28-12-4-6-13(7-5-12)30-17-9-11(3-8-16(17)29-2)26-21(27)14-10-15(22)19(24)20(25)18(14)23/h3-10H,1-2H3,(H,26,27). The van der Waals surface area contributed by atoms with Crippen LogP contribution in [0.1, 0.15) is 10.4 Å². The molecule has 0 bridgehead atoms. The molecule has 0 saturated carbocycles. The number of hydrogen-bond acceptors (Lipinski definition) is 4. The highest BCUT2D eigenvalue weighted by atomic mass is 19.2. The van der Waals surface area contributed by atoms with E-state index in [1.54, 1.807) is 24.3 Å². The zero-order valence-electron chi connectivity index (χ0n) is 15.8. The smallest absolute Gasteiger partial charge is 0.258 e. The Balaban J connectivity index is 1.86. The number of anilines is 1. The van der Waals surface area contributed by atoms with Gasteiger partial charge in [0.25, 0.3) is 5.91 Å². The van der Waals surface area contributed by atoms with Crippen molar-refractivity contribution in [2.24, 2.45) is 0 Å². The zero-order chi connectivity index (χ0) is 21.8. The first-order valence-electron chi connectivity index (χ1n) is 8.48. The molecular weight excluding hydrogens is 406 g/mol. The summed E-state index contributed by atoms with van der Waals surface area (Å²) in [6.07, 6.45) is 0. The van der Waals surface area contributed by atoms with Crippen molar-refractivity contribution in [3.05, 3.63) is 77.4 Å². The van der Waals surface area contributed by atoms with E-state index in [1.807, 2.05) is 0 Å². The summed E-state index contributed by atoms with van der Waals surface area (Å²) in [6, 6.07) is 11.2. The van der Waals surface area contributed by atoms with E-state index in [4.69, 9.17) is 14.2 Å². The Kier molecular flexibility index (Phi) is 6.10. The zero-order valence-corrected chi connectivity index (χ0v) is 15.8. The first-order chi connectivity index (χ1) is 14.3. The molecule has 9 heteroatoms. The molecule has 0 radical (unpaired) electrons. The van der Waals surface area contributed by atoms with Gasteiger partial charge in [-0.2, -0.15) is 0 Å². The van der Waals surface area contributed by atoms with Crippen LogP contribution in [0.4, 0.5) is 23.2 Å². The molecule has 30 heavy (non-hydrogen) atoms. The number of nitrogens with one attached hydrogen (secondary N) is 1. The summed E-state index contributed by atoms with van der Waals surface area (Å²) in [4.78, 5) is 12.3. The molecule has 0 fully saturated rings. The van der Waals surface area contributed by atoms with Gasteiger partial charge in [0.1, 0.15) is 11.5 Å². The van der Waals surface area contributed by atoms with E-state index in [0.717, 1.165) is 0 Å². The molecule has 0 unspecified atom stereocenters. The fraction of sp³-hybridized carbons (Fsp3) is 0.0952. The molecule has 0 heterocycles. The highest BCUT2D eigenvalue weighted by Gasteiger charge is 2.23. The van der Waals surface area contributed by atoms with Crippen LogP contribution < -0.4 is 19.5 Å². The average molecular weight is 421 g/mol. The van der Waals surface area contributed by atoms with Crippen LogP contribution in [0.25, 0.3) is 0 Å². The second kappa shape index (κ2) is 8.73. The molecule has 0 atom stereocenters. The minimum atomic E-state index is -2.07. The molecule has 0 aliphatic carbocycles. The van der Waals surface area contributed by atoms with Gasteiger partial charge in [-0.05, 0) is 42.5 Å². The molecule has 0 aliphatic heterocycles. The van der Waals surface area contributed by atoms with Gasteiger partial charge in [0.2, 0.25) is 0 Å². The number of carbonyl (C=O) groups is 1. The average Bonchev–Trinajstić information content (AvgIpc) is 2.75. The molecule has 1 N–H and O–H groups in total. The van der Waals surface area contributed by atoms with Gasteiger partial charge in [-0.1, -0.05) is 0 Å². The van der Waals surface area contributed by atoms with Crippen molar-refractivity contribution in [1.29, 1.82) is 0 Å². The van der Waals surface area contributed by atoms with Gasteiger partial charge in [-0.15, -0.1) is 0 Å². The van der Waals surface area contributed by atoms with Crippen LogP contribution in [0.15, 0.2) is 48.5 Å².